The number of likely N-dealkylation sites (N-methyl/N-ethyl adjacent to an activating group) is 1. The smallest absolute Gasteiger partial charge is 0.347 e. The molecule has 1 heterocycles. The molecule has 0 aliphatic carbocycles. The number of benzene rings is 2. The highest BCUT2D eigenvalue weighted by Gasteiger charge is 2.42. The standard InChI is InChI=1S/C23H30NO3.BrH/c1-2-24(16-10-5-11-17-24)18-19-27-22(25)23(26,20-12-6-3-7-13-20)21-14-8-4-9-15-21;/h3-4,6-9,12-15,26H,2,5,10-11,16-19H2,1H3;1H/q+1;. The second kappa shape index (κ2) is 10.2. The number of hydrogen-bond donors (Lipinski definition) is 1. The van der Waals surface area contributed by atoms with Crippen molar-refractivity contribution in [2.75, 3.05) is 32.8 Å². The summed E-state index contributed by atoms with van der Waals surface area (Å²) in [6, 6.07) is 18.1. The molecule has 0 atom stereocenters. The number of hydrogen-bond acceptors (Lipinski definition) is 3. The number of quaternary nitrogens is 1. The number of piperidine rings is 1. The molecule has 0 aromatic heterocycles. The van der Waals surface area contributed by atoms with E-state index < -0.39 is 11.6 Å². The summed E-state index contributed by atoms with van der Waals surface area (Å²) < 4.78 is 6.64. The summed E-state index contributed by atoms with van der Waals surface area (Å²) in [6.07, 6.45) is 3.76. The lowest BCUT2D eigenvalue weighted by molar-refractivity contribution is -0.930. The maximum atomic E-state index is 13.0. The van der Waals surface area contributed by atoms with Crippen LogP contribution in [0.3, 0.4) is 0 Å². The van der Waals surface area contributed by atoms with Crippen molar-refractivity contribution >= 4 is 23.0 Å². The third kappa shape index (κ3) is 4.83. The minimum absolute atomic E-state index is 0. The molecule has 0 saturated carbocycles. The Kier molecular flexibility index (Phi) is 8.23. The molecule has 0 bridgehead atoms. The van der Waals surface area contributed by atoms with Crippen molar-refractivity contribution in [3.63, 3.8) is 0 Å². The zero-order chi connectivity index (χ0) is 19.2. The van der Waals surface area contributed by atoms with Gasteiger partial charge in [0, 0.05) is 0 Å². The highest BCUT2D eigenvalue weighted by molar-refractivity contribution is 8.93. The molecule has 28 heavy (non-hydrogen) atoms. The number of ether oxygens (including phenoxy) is 1. The zero-order valence-electron chi connectivity index (χ0n) is 16.5. The van der Waals surface area contributed by atoms with E-state index in [9.17, 15) is 9.90 Å². The van der Waals surface area contributed by atoms with Gasteiger partial charge >= 0.3 is 5.97 Å². The minimum Gasteiger partial charge on any atom is -0.457 e. The summed E-state index contributed by atoms with van der Waals surface area (Å²) in [5, 5.41) is 11.4. The highest BCUT2D eigenvalue weighted by Crippen LogP contribution is 2.31. The zero-order valence-corrected chi connectivity index (χ0v) is 18.3. The summed E-state index contributed by atoms with van der Waals surface area (Å²) in [5.41, 5.74) is -0.737. The van der Waals surface area contributed by atoms with E-state index in [4.69, 9.17) is 4.74 Å². The van der Waals surface area contributed by atoms with E-state index in [2.05, 4.69) is 6.92 Å². The van der Waals surface area contributed by atoms with Crippen LogP contribution in [0.25, 0.3) is 0 Å². The van der Waals surface area contributed by atoms with Crippen LogP contribution in [0.15, 0.2) is 60.7 Å². The summed E-state index contributed by atoms with van der Waals surface area (Å²) in [4.78, 5) is 13.0. The number of carbonyl (C=O) groups excluding carboxylic acids is 1. The van der Waals surface area contributed by atoms with Crippen LogP contribution in [0.2, 0.25) is 0 Å². The van der Waals surface area contributed by atoms with Gasteiger partial charge in [-0.05, 0) is 37.3 Å². The molecule has 0 spiro atoms. The molecule has 2 aromatic rings. The van der Waals surface area contributed by atoms with Crippen molar-refractivity contribution in [2.24, 2.45) is 0 Å². The van der Waals surface area contributed by atoms with Crippen molar-refractivity contribution in [1.82, 2.24) is 0 Å². The molecule has 152 valence electrons. The molecule has 2 aromatic carbocycles. The summed E-state index contributed by atoms with van der Waals surface area (Å²) in [5.74, 6) is -0.605. The molecule has 0 radical (unpaired) electrons. The third-order valence-corrected chi connectivity index (χ3v) is 5.91. The average molecular weight is 449 g/mol. The number of carbonyl (C=O) groups is 1. The molecular weight excluding hydrogens is 418 g/mol. The second-order valence-corrected chi connectivity index (χ2v) is 7.47. The first-order chi connectivity index (χ1) is 13.1. The van der Waals surface area contributed by atoms with Crippen LogP contribution in [0, 0.1) is 0 Å². The van der Waals surface area contributed by atoms with Gasteiger partial charge in [0.05, 0.1) is 19.6 Å². The van der Waals surface area contributed by atoms with Crippen LogP contribution in [-0.2, 0) is 15.1 Å². The molecule has 1 aliphatic rings. The van der Waals surface area contributed by atoms with E-state index in [-0.39, 0.29) is 17.0 Å². The first kappa shape index (κ1) is 22.6. The topological polar surface area (TPSA) is 46.5 Å². The monoisotopic (exact) mass is 448 g/mol. The normalized spacial score (nSPS) is 16.1. The number of nitrogens with zero attached hydrogens (tertiary/aromatic N) is 1. The average Bonchev–Trinajstić information content (AvgIpc) is 2.75. The van der Waals surface area contributed by atoms with Crippen LogP contribution in [-0.4, -0.2) is 48.3 Å². The van der Waals surface area contributed by atoms with Crippen molar-refractivity contribution in [2.45, 2.75) is 31.8 Å². The van der Waals surface area contributed by atoms with Crippen LogP contribution in [0.5, 0.6) is 0 Å². The van der Waals surface area contributed by atoms with Gasteiger partial charge in [-0.25, -0.2) is 4.79 Å². The molecule has 4 nitrogen and oxygen atoms in total. The van der Waals surface area contributed by atoms with Crippen LogP contribution in [0.4, 0.5) is 0 Å². The van der Waals surface area contributed by atoms with E-state index in [1.807, 2.05) is 36.4 Å². The predicted molar refractivity (Wildman–Crippen MR) is 116 cm³/mol. The lowest BCUT2D eigenvalue weighted by atomic mass is 9.86. The molecule has 1 fully saturated rings. The Balaban J connectivity index is 0.00000280. The fourth-order valence-corrected chi connectivity index (χ4v) is 4.08. The summed E-state index contributed by atoms with van der Waals surface area (Å²) >= 11 is 0. The Morgan fingerprint density at radius 2 is 1.46 bits per heavy atom. The first-order valence-electron chi connectivity index (χ1n) is 9.96. The Bertz CT molecular complexity index is 691. The SMILES string of the molecule is Br.CC[N+]1(CCOC(=O)C(O)(c2ccccc2)c2ccccc2)CCCCC1. The molecule has 1 saturated heterocycles. The van der Waals surface area contributed by atoms with Crippen LogP contribution >= 0.6 is 17.0 Å². The Morgan fingerprint density at radius 3 is 1.93 bits per heavy atom. The van der Waals surface area contributed by atoms with Crippen molar-refractivity contribution in [3.8, 4) is 0 Å². The van der Waals surface area contributed by atoms with Crippen molar-refractivity contribution in [1.29, 1.82) is 0 Å². The van der Waals surface area contributed by atoms with Gasteiger partial charge in [0.1, 0.15) is 13.2 Å². The van der Waals surface area contributed by atoms with Crippen LogP contribution < -0.4 is 0 Å². The predicted octanol–water partition coefficient (Wildman–Crippen LogP) is 4.06. The van der Waals surface area contributed by atoms with Crippen molar-refractivity contribution < 1.29 is 19.1 Å². The molecular formula is C23H31BrNO3+. The lowest BCUT2D eigenvalue weighted by Crippen LogP contribution is -2.53. The van der Waals surface area contributed by atoms with Gasteiger partial charge in [-0.1, -0.05) is 60.7 Å². The fraction of sp³-hybridized carbons (Fsp3) is 0.435. The van der Waals surface area contributed by atoms with Crippen molar-refractivity contribution in [3.05, 3.63) is 71.8 Å². The van der Waals surface area contributed by atoms with Gasteiger partial charge in [0.15, 0.2) is 0 Å². The number of esters is 1. The second-order valence-electron chi connectivity index (χ2n) is 7.47. The van der Waals surface area contributed by atoms with Gasteiger partial charge in [-0.2, -0.15) is 0 Å². The minimum atomic E-state index is -1.79. The molecule has 0 amide bonds. The largest absolute Gasteiger partial charge is 0.457 e. The quantitative estimate of drug-likeness (QED) is 0.512. The van der Waals surface area contributed by atoms with Gasteiger partial charge in [-0.3, -0.25) is 0 Å². The highest BCUT2D eigenvalue weighted by atomic mass is 79.9. The lowest BCUT2D eigenvalue weighted by Gasteiger charge is -2.40. The summed E-state index contributed by atoms with van der Waals surface area (Å²) in [6.45, 7) is 6.69. The van der Waals surface area contributed by atoms with Gasteiger partial charge in [0.25, 0.3) is 0 Å². The van der Waals surface area contributed by atoms with Gasteiger partial charge < -0.3 is 14.3 Å². The van der Waals surface area contributed by atoms with Crippen LogP contribution in [0.1, 0.15) is 37.3 Å². The van der Waals surface area contributed by atoms with E-state index >= 15 is 0 Å². The first-order valence-corrected chi connectivity index (χ1v) is 9.96. The van der Waals surface area contributed by atoms with E-state index in [0.717, 1.165) is 30.7 Å². The molecule has 3 rings (SSSR count). The number of halogens is 1. The molecule has 1 aliphatic heterocycles. The Morgan fingerprint density at radius 1 is 0.964 bits per heavy atom. The van der Waals surface area contributed by atoms with E-state index in [1.165, 1.54) is 19.3 Å². The number of likely N-dealkylation sites (tertiary alicyclic amines) is 1. The van der Waals surface area contributed by atoms with E-state index in [1.54, 1.807) is 24.3 Å². The van der Waals surface area contributed by atoms with E-state index in [0.29, 0.717) is 17.7 Å². The maximum Gasteiger partial charge on any atom is 0.347 e. The third-order valence-electron chi connectivity index (χ3n) is 5.91. The van der Waals surface area contributed by atoms with Gasteiger partial charge in [-0.15, -0.1) is 17.0 Å². The fourth-order valence-electron chi connectivity index (χ4n) is 4.08. The maximum absolute atomic E-state index is 13.0. The number of aliphatic hydroxyl groups is 1. The molecule has 1 N–H and O–H groups in total. The summed E-state index contributed by atoms with van der Waals surface area (Å²) in [7, 11) is 0. The molecule has 5 heteroatoms. The number of rotatable bonds is 7. The molecule has 0 unspecified atom stereocenters. The van der Waals surface area contributed by atoms with Gasteiger partial charge in [0.2, 0.25) is 5.60 Å². The Hall–Kier alpha value is -1.69. The Labute approximate surface area is 178 Å².